The summed E-state index contributed by atoms with van der Waals surface area (Å²) in [5, 5.41) is 24.2. The van der Waals surface area contributed by atoms with Crippen LogP contribution in [0.1, 0.15) is 106 Å². The molecule has 0 spiro atoms. The first kappa shape index (κ1) is 23.9. The molecule has 0 aromatic rings. The number of aliphatic hydroxyl groups is 1. The molecule has 5 rings (SSSR count). The molecule has 0 saturated heterocycles. The predicted molar refractivity (Wildman–Crippen MR) is 135 cm³/mol. The van der Waals surface area contributed by atoms with E-state index in [4.69, 9.17) is 0 Å². The molecule has 186 valence electrons. The Labute approximate surface area is 202 Å². The molecule has 0 aromatic carbocycles. The summed E-state index contributed by atoms with van der Waals surface area (Å²) in [7, 11) is 0. The summed E-state index contributed by atoms with van der Waals surface area (Å²) < 4.78 is 0. The average Bonchev–Trinajstić information content (AvgIpc) is 3.12. The number of allylic oxidation sites excluding steroid dienone is 1. The summed E-state index contributed by atoms with van der Waals surface area (Å²) in [4.78, 5) is 0. The van der Waals surface area contributed by atoms with E-state index >= 15 is 0 Å². The van der Waals surface area contributed by atoms with Crippen molar-refractivity contribution in [1.29, 1.82) is 0 Å². The number of fused-ring (bicyclic) bond motifs is 7. The van der Waals surface area contributed by atoms with Gasteiger partial charge in [0.25, 0.3) is 0 Å². The minimum absolute atomic E-state index is 0.0158. The molecule has 5 saturated carbocycles. The van der Waals surface area contributed by atoms with Gasteiger partial charge in [-0.05, 0) is 122 Å². The van der Waals surface area contributed by atoms with Crippen LogP contribution in [0.2, 0.25) is 0 Å². The van der Waals surface area contributed by atoms with Crippen LogP contribution in [-0.2, 0) is 0 Å². The van der Waals surface area contributed by atoms with E-state index in [2.05, 4.69) is 53.3 Å². The van der Waals surface area contributed by atoms with Crippen molar-refractivity contribution in [3.8, 4) is 0 Å². The van der Waals surface area contributed by atoms with Crippen molar-refractivity contribution in [2.24, 2.45) is 61.8 Å². The Bertz CT molecular complexity index is 848. The third kappa shape index (κ3) is 2.87. The van der Waals surface area contributed by atoms with E-state index < -0.39 is 0 Å². The molecule has 3 heteroatoms. The zero-order valence-electron chi connectivity index (χ0n) is 22.2. The minimum atomic E-state index is -0.158. The quantitative estimate of drug-likeness (QED) is 0.196. The van der Waals surface area contributed by atoms with E-state index in [-0.39, 0.29) is 16.9 Å². The molecule has 0 bridgehead atoms. The third-order valence-electron chi connectivity index (χ3n) is 13.4. The first-order valence-corrected chi connectivity index (χ1v) is 13.9. The molecule has 0 amide bonds. The minimum Gasteiger partial charge on any atom is -0.411 e. The lowest BCUT2D eigenvalue weighted by Gasteiger charge is -2.72. The van der Waals surface area contributed by atoms with Gasteiger partial charge in [0.05, 0.1) is 12.3 Å². The van der Waals surface area contributed by atoms with Gasteiger partial charge in [-0.2, -0.15) is 0 Å². The fourth-order valence-corrected chi connectivity index (χ4v) is 11.5. The lowest BCUT2D eigenvalue weighted by molar-refractivity contribution is -0.243. The molecule has 0 unspecified atom stereocenters. The van der Waals surface area contributed by atoms with Crippen LogP contribution in [0, 0.1) is 56.7 Å². The van der Waals surface area contributed by atoms with Crippen molar-refractivity contribution in [2.45, 2.75) is 112 Å². The highest BCUT2D eigenvalue weighted by molar-refractivity contribution is 5.67. The number of hydrogen-bond donors (Lipinski definition) is 2. The first-order valence-electron chi connectivity index (χ1n) is 13.9. The smallest absolute Gasteiger partial charge is 0.0594 e. The topological polar surface area (TPSA) is 52.8 Å². The van der Waals surface area contributed by atoms with Gasteiger partial charge in [-0.15, -0.1) is 5.16 Å². The molecule has 10 atom stereocenters. The van der Waals surface area contributed by atoms with Gasteiger partial charge in [0.1, 0.15) is 0 Å². The van der Waals surface area contributed by atoms with Crippen LogP contribution < -0.4 is 0 Å². The highest BCUT2D eigenvalue weighted by atomic mass is 16.4. The molecule has 0 heterocycles. The second-order valence-electron chi connectivity index (χ2n) is 14.5. The van der Waals surface area contributed by atoms with Crippen LogP contribution >= 0.6 is 0 Å². The van der Waals surface area contributed by atoms with Crippen molar-refractivity contribution in [3.05, 3.63) is 12.2 Å². The maximum atomic E-state index is 10.9. The largest absolute Gasteiger partial charge is 0.411 e. The van der Waals surface area contributed by atoms with Gasteiger partial charge in [0, 0.05) is 5.41 Å². The van der Waals surface area contributed by atoms with Crippen molar-refractivity contribution < 1.29 is 10.3 Å². The van der Waals surface area contributed by atoms with Crippen LogP contribution in [0.15, 0.2) is 17.3 Å². The summed E-state index contributed by atoms with van der Waals surface area (Å²) in [6.07, 6.45) is 13.9. The Balaban J connectivity index is 1.56. The Morgan fingerprint density at radius 1 is 0.848 bits per heavy atom. The average molecular weight is 456 g/mol. The number of rotatable bonds is 2. The molecule has 0 radical (unpaired) electrons. The standard InChI is InChI=1S/C30H49NO2/c1-19(2)20-10-15-30(18-31-33)17-16-28(6)21(25(20)30)8-9-23-27(5)13-12-24(32)26(3,4)22(27)11-14-29(23,28)7/h18,20-25,32-33H,1,8-17H2,2-7H3/b31-18-/t20-,21+,22+,23+,24-,25-,27-,28+,29+,30+/m0/s1. The summed E-state index contributed by atoms with van der Waals surface area (Å²) in [5.41, 5.74) is 2.40. The van der Waals surface area contributed by atoms with Crippen LogP contribution in [0.3, 0.4) is 0 Å². The first-order chi connectivity index (χ1) is 15.4. The Hall–Kier alpha value is -0.830. The Morgan fingerprint density at radius 3 is 2.24 bits per heavy atom. The molecule has 0 aliphatic heterocycles. The lowest BCUT2D eigenvalue weighted by Crippen LogP contribution is -2.66. The normalized spacial score (nSPS) is 55.4. The Morgan fingerprint density at radius 2 is 1.58 bits per heavy atom. The molecule has 5 aliphatic carbocycles. The second kappa shape index (κ2) is 7.34. The molecule has 0 aromatic heterocycles. The fraction of sp³-hybridized carbons (Fsp3) is 0.900. The number of oxime groups is 1. The summed E-state index contributed by atoms with van der Waals surface area (Å²) in [6.45, 7) is 19.3. The highest BCUT2D eigenvalue weighted by Crippen LogP contribution is 2.77. The highest BCUT2D eigenvalue weighted by Gasteiger charge is 2.70. The van der Waals surface area contributed by atoms with E-state index in [0.29, 0.717) is 39.9 Å². The van der Waals surface area contributed by atoms with Crippen LogP contribution in [0.25, 0.3) is 0 Å². The van der Waals surface area contributed by atoms with E-state index in [9.17, 15) is 10.3 Å². The van der Waals surface area contributed by atoms with E-state index in [1.165, 1.54) is 50.5 Å². The van der Waals surface area contributed by atoms with Gasteiger partial charge in [0.2, 0.25) is 0 Å². The lowest BCUT2D eigenvalue weighted by atomic mass is 9.32. The maximum Gasteiger partial charge on any atom is 0.0594 e. The molecular formula is C30H49NO2. The monoisotopic (exact) mass is 455 g/mol. The molecule has 2 N–H and O–H groups in total. The van der Waals surface area contributed by atoms with Crippen LogP contribution in [-0.4, -0.2) is 22.6 Å². The Kier molecular flexibility index (Phi) is 5.31. The molecular weight excluding hydrogens is 406 g/mol. The number of hydrogen-bond acceptors (Lipinski definition) is 3. The molecule has 3 nitrogen and oxygen atoms in total. The number of nitrogens with zero attached hydrogens (tertiary/aromatic N) is 1. The predicted octanol–water partition coefficient (Wildman–Crippen LogP) is 7.46. The van der Waals surface area contributed by atoms with Crippen LogP contribution in [0.5, 0.6) is 0 Å². The van der Waals surface area contributed by atoms with Crippen molar-refractivity contribution in [3.63, 3.8) is 0 Å². The fourth-order valence-electron chi connectivity index (χ4n) is 11.5. The maximum absolute atomic E-state index is 10.9. The summed E-state index contributed by atoms with van der Waals surface area (Å²) >= 11 is 0. The van der Waals surface area contributed by atoms with Crippen molar-refractivity contribution in [1.82, 2.24) is 0 Å². The van der Waals surface area contributed by atoms with E-state index in [1.807, 2.05) is 6.21 Å². The van der Waals surface area contributed by atoms with Crippen molar-refractivity contribution >= 4 is 6.21 Å². The van der Waals surface area contributed by atoms with Gasteiger partial charge in [-0.1, -0.05) is 46.8 Å². The van der Waals surface area contributed by atoms with E-state index in [1.54, 1.807) is 0 Å². The zero-order valence-corrected chi connectivity index (χ0v) is 22.2. The SMILES string of the molecule is C=C(C)[C@@H]1CC[C@]2(/C=N\O)CC[C@]3(C)[C@H](CC[C@@H]4[C@@]5(C)CC[C@H](O)C(C)(C)[C@H]5CC[C@]43C)[C@H]12. The van der Waals surface area contributed by atoms with Crippen LogP contribution in [0.4, 0.5) is 0 Å². The third-order valence-corrected chi connectivity index (χ3v) is 13.4. The van der Waals surface area contributed by atoms with Crippen molar-refractivity contribution in [2.75, 3.05) is 0 Å². The zero-order chi connectivity index (χ0) is 24.0. The summed E-state index contributed by atoms with van der Waals surface area (Å²) in [5.74, 6) is 3.16. The van der Waals surface area contributed by atoms with Gasteiger partial charge < -0.3 is 10.3 Å². The van der Waals surface area contributed by atoms with Gasteiger partial charge in [-0.25, -0.2) is 0 Å². The van der Waals surface area contributed by atoms with Gasteiger partial charge >= 0.3 is 0 Å². The molecule has 33 heavy (non-hydrogen) atoms. The van der Waals surface area contributed by atoms with E-state index in [0.717, 1.165) is 25.2 Å². The summed E-state index contributed by atoms with van der Waals surface area (Å²) in [6, 6.07) is 0. The molecule has 5 fully saturated rings. The van der Waals surface area contributed by atoms with Gasteiger partial charge in [0.15, 0.2) is 0 Å². The van der Waals surface area contributed by atoms with Gasteiger partial charge in [-0.3, -0.25) is 0 Å². The second-order valence-corrected chi connectivity index (χ2v) is 14.5. The molecule has 5 aliphatic rings. The number of aliphatic hydroxyl groups excluding tert-OH is 1.